The van der Waals surface area contributed by atoms with E-state index in [2.05, 4.69) is 28.3 Å². The fourth-order valence-corrected chi connectivity index (χ4v) is 3.60. The third-order valence-electron chi connectivity index (χ3n) is 4.86. The first-order valence-corrected chi connectivity index (χ1v) is 8.52. The van der Waals surface area contributed by atoms with Crippen LogP contribution in [0.15, 0.2) is 30.5 Å². The predicted molar refractivity (Wildman–Crippen MR) is 94.3 cm³/mol. The van der Waals surface area contributed by atoms with Crippen LogP contribution in [0.5, 0.6) is 0 Å². The summed E-state index contributed by atoms with van der Waals surface area (Å²) in [6.45, 7) is 5.47. The van der Waals surface area contributed by atoms with Gasteiger partial charge in [-0.3, -0.25) is 14.6 Å². The lowest BCUT2D eigenvalue weighted by Gasteiger charge is -2.16. The Labute approximate surface area is 146 Å². The topological polar surface area (TPSA) is 71.7 Å². The van der Waals surface area contributed by atoms with Crippen molar-refractivity contribution in [3.05, 3.63) is 47.5 Å². The van der Waals surface area contributed by atoms with E-state index in [9.17, 15) is 4.79 Å². The summed E-state index contributed by atoms with van der Waals surface area (Å²) >= 11 is 0. The summed E-state index contributed by atoms with van der Waals surface area (Å²) in [4.78, 5) is 14.7. The van der Waals surface area contributed by atoms with Gasteiger partial charge in [-0.2, -0.15) is 10.2 Å². The molecule has 1 atom stereocenters. The van der Waals surface area contributed by atoms with Gasteiger partial charge in [0, 0.05) is 32.0 Å². The second-order valence-corrected chi connectivity index (χ2v) is 6.74. The number of likely N-dealkylation sites (tertiary alicyclic amines) is 1. The number of carbonyl (C=O) groups excluding carboxylic acids is 1. The smallest absolute Gasteiger partial charge is 0.271 e. The molecule has 0 aromatic carbocycles. The van der Waals surface area contributed by atoms with Gasteiger partial charge >= 0.3 is 0 Å². The number of nitrogens with one attached hydrogen (secondary N) is 1. The lowest BCUT2D eigenvalue weighted by molar-refractivity contribution is 0.0781. The first kappa shape index (κ1) is 15.7. The highest BCUT2D eigenvalue weighted by molar-refractivity contribution is 5.93. The third kappa shape index (κ3) is 2.75. The quantitative estimate of drug-likeness (QED) is 0.796. The molecule has 0 saturated carbocycles. The van der Waals surface area contributed by atoms with Gasteiger partial charge in [0.2, 0.25) is 0 Å². The molecule has 0 unspecified atom stereocenters. The number of aryl methyl sites for hydroxylation is 3. The van der Waals surface area contributed by atoms with Crippen LogP contribution in [0.2, 0.25) is 0 Å². The van der Waals surface area contributed by atoms with Crippen molar-refractivity contribution in [2.45, 2.75) is 26.3 Å². The van der Waals surface area contributed by atoms with Gasteiger partial charge in [-0.15, -0.1) is 0 Å². The maximum Gasteiger partial charge on any atom is 0.271 e. The summed E-state index contributed by atoms with van der Waals surface area (Å²) in [5, 5.41) is 11.7. The Balaban J connectivity index is 1.50. The van der Waals surface area contributed by atoms with Crippen LogP contribution in [-0.2, 0) is 7.05 Å². The zero-order valence-corrected chi connectivity index (χ0v) is 14.7. The van der Waals surface area contributed by atoms with Crippen LogP contribution in [0.25, 0.3) is 11.4 Å². The van der Waals surface area contributed by atoms with Crippen LogP contribution < -0.4 is 0 Å². The van der Waals surface area contributed by atoms with Crippen molar-refractivity contribution in [2.24, 2.45) is 7.05 Å². The van der Waals surface area contributed by atoms with Gasteiger partial charge in [0.05, 0.1) is 17.4 Å². The molecule has 130 valence electrons. The predicted octanol–water partition coefficient (Wildman–Crippen LogP) is 2.32. The van der Waals surface area contributed by atoms with Crippen LogP contribution in [0, 0.1) is 13.8 Å². The van der Waals surface area contributed by atoms with Gasteiger partial charge in [0.15, 0.2) is 0 Å². The van der Waals surface area contributed by atoms with E-state index in [4.69, 9.17) is 0 Å². The van der Waals surface area contributed by atoms with Gasteiger partial charge in [0.1, 0.15) is 11.4 Å². The normalized spacial score (nSPS) is 17.4. The van der Waals surface area contributed by atoms with Crippen molar-refractivity contribution in [1.82, 2.24) is 29.4 Å². The fourth-order valence-electron chi connectivity index (χ4n) is 3.60. The molecule has 3 aromatic rings. The van der Waals surface area contributed by atoms with E-state index < -0.39 is 0 Å². The van der Waals surface area contributed by atoms with Crippen LogP contribution in [0.4, 0.5) is 0 Å². The molecule has 7 heteroatoms. The lowest BCUT2D eigenvalue weighted by Crippen LogP contribution is -2.29. The van der Waals surface area contributed by atoms with Crippen molar-refractivity contribution in [2.75, 3.05) is 13.1 Å². The summed E-state index contributed by atoms with van der Waals surface area (Å²) in [7, 11) is 1.96. The first-order valence-electron chi connectivity index (χ1n) is 8.52. The molecule has 1 amide bonds. The third-order valence-corrected chi connectivity index (χ3v) is 4.86. The number of H-pyrrole nitrogens is 1. The maximum absolute atomic E-state index is 12.8. The molecule has 7 nitrogen and oxygen atoms in total. The van der Waals surface area contributed by atoms with E-state index in [0.29, 0.717) is 12.2 Å². The summed E-state index contributed by atoms with van der Waals surface area (Å²) < 4.78 is 4.03. The summed E-state index contributed by atoms with van der Waals surface area (Å²) in [5.41, 5.74) is 4.46. The largest absolute Gasteiger partial charge is 0.349 e. The Bertz CT molecular complexity index is 918. The van der Waals surface area contributed by atoms with Crippen molar-refractivity contribution in [3.63, 3.8) is 0 Å². The minimum atomic E-state index is -0.00279. The zero-order chi connectivity index (χ0) is 17.6. The summed E-state index contributed by atoms with van der Waals surface area (Å²) in [6.07, 6.45) is 2.89. The van der Waals surface area contributed by atoms with Gasteiger partial charge in [0.25, 0.3) is 5.91 Å². The van der Waals surface area contributed by atoms with Crippen LogP contribution in [0.3, 0.4) is 0 Å². The van der Waals surface area contributed by atoms with Gasteiger partial charge in [-0.1, -0.05) is 0 Å². The standard InChI is InChI=1S/C18H22N6O/c1-12-9-13(2)24(21-12)14-6-8-23(11-14)18(25)16-10-15(19-20-16)17-5-4-7-22(17)3/h4-5,7,9-10,14H,6,8,11H2,1-3H3,(H,19,20)/t14-/m0/s1. The molecule has 1 saturated heterocycles. The van der Waals surface area contributed by atoms with Crippen molar-refractivity contribution < 1.29 is 4.79 Å². The van der Waals surface area contributed by atoms with Gasteiger partial charge in [-0.25, -0.2) is 0 Å². The van der Waals surface area contributed by atoms with E-state index in [1.807, 2.05) is 52.5 Å². The van der Waals surface area contributed by atoms with Gasteiger partial charge < -0.3 is 9.47 Å². The number of hydrogen-bond acceptors (Lipinski definition) is 3. The molecule has 0 bridgehead atoms. The average molecular weight is 338 g/mol. The molecule has 1 aliphatic heterocycles. The Hall–Kier alpha value is -2.83. The molecule has 1 N–H and O–H groups in total. The van der Waals surface area contributed by atoms with Gasteiger partial charge in [-0.05, 0) is 44.5 Å². The first-order chi connectivity index (χ1) is 12.0. The maximum atomic E-state index is 12.8. The average Bonchev–Trinajstić information content (AvgIpc) is 3.33. The molecular weight excluding hydrogens is 316 g/mol. The van der Waals surface area contributed by atoms with E-state index in [1.54, 1.807) is 0 Å². The van der Waals surface area contributed by atoms with Crippen molar-refractivity contribution in [1.29, 1.82) is 0 Å². The molecular formula is C18H22N6O. The number of hydrogen-bond donors (Lipinski definition) is 1. The number of nitrogens with zero attached hydrogens (tertiary/aromatic N) is 5. The molecule has 4 heterocycles. The molecule has 3 aromatic heterocycles. The number of aromatic amines is 1. The number of amides is 1. The highest BCUT2D eigenvalue weighted by atomic mass is 16.2. The Morgan fingerprint density at radius 3 is 2.84 bits per heavy atom. The monoisotopic (exact) mass is 338 g/mol. The minimum absolute atomic E-state index is 0.00279. The molecule has 25 heavy (non-hydrogen) atoms. The van der Waals surface area contributed by atoms with Crippen LogP contribution >= 0.6 is 0 Å². The van der Waals surface area contributed by atoms with Crippen LogP contribution in [-0.4, -0.2) is 48.4 Å². The number of aromatic nitrogens is 5. The van der Waals surface area contributed by atoms with Crippen molar-refractivity contribution in [3.8, 4) is 11.4 Å². The summed E-state index contributed by atoms with van der Waals surface area (Å²) in [6, 6.07) is 8.09. The SMILES string of the molecule is Cc1cc(C)n([C@H]2CCN(C(=O)c3cc(-c4cccn4C)n[nH]3)C2)n1. The Morgan fingerprint density at radius 1 is 1.32 bits per heavy atom. The van der Waals surface area contributed by atoms with Crippen molar-refractivity contribution >= 4 is 5.91 Å². The molecule has 0 radical (unpaired) electrons. The fraction of sp³-hybridized carbons (Fsp3) is 0.389. The highest BCUT2D eigenvalue weighted by Crippen LogP contribution is 2.25. The molecule has 4 rings (SSSR count). The lowest BCUT2D eigenvalue weighted by atomic mass is 10.2. The molecule has 1 aliphatic rings. The summed E-state index contributed by atoms with van der Waals surface area (Å²) in [5.74, 6) is -0.00279. The Morgan fingerprint density at radius 2 is 2.16 bits per heavy atom. The second-order valence-electron chi connectivity index (χ2n) is 6.74. The van der Waals surface area contributed by atoms with E-state index in [0.717, 1.165) is 35.7 Å². The molecule has 0 aliphatic carbocycles. The second kappa shape index (κ2) is 5.91. The van der Waals surface area contributed by atoms with E-state index >= 15 is 0 Å². The van der Waals surface area contributed by atoms with Crippen LogP contribution in [0.1, 0.15) is 34.3 Å². The minimum Gasteiger partial charge on any atom is -0.349 e. The highest BCUT2D eigenvalue weighted by Gasteiger charge is 2.30. The van der Waals surface area contributed by atoms with E-state index in [1.165, 1.54) is 0 Å². The number of rotatable bonds is 3. The molecule has 1 fully saturated rings. The Kier molecular flexibility index (Phi) is 3.71. The number of carbonyl (C=O) groups is 1. The zero-order valence-electron chi connectivity index (χ0n) is 14.7. The molecule has 0 spiro atoms. The van der Waals surface area contributed by atoms with E-state index in [-0.39, 0.29) is 11.9 Å².